The van der Waals surface area contributed by atoms with Gasteiger partial charge in [-0.2, -0.15) is 0 Å². The molecule has 2 nitrogen and oxygen atoms in total. The highest BCUT2D eigenvalue weighted by Gasteiger charge is 2.03. The summed E-state index contributed by atoms with van der Waals surface area (Å²) in [6.45, 7) is 0.978. The van der Waals surface area contributed by atoms with E-state index in [1.807, 2.05) is 12.1 Å². The summed E-state index contributed by atoms with van der Waals surface area (Å²) < 4.78 is 0. The highest BCUT2D eigenvalue weighted by Crippen LogP contribution is 2.20. The molecule has 1 N–H and O–H groups in total. The maximum Gasteiger partial charge on any atom is 0.131 e. The SMILES string of the molecule is Clc1cc(NCCC2=CCCC2)ccn1. The first-order chi connectivity index (χ1) is 7.34. The molecule has 2 rings (SSSR count). The molecule has 1 aliphatic rings. The van der Waals surface area contributed by atoms with Crippen LogP contribution in [0.15, 0.2) is 30.0 Å². The monoisotopic (exact) mass is 222 g/mol. The molecule has 1 aromatic heterocycles. The quantitative estimate of drug-likeness (QED) is 0.622. The van der Waals surface area contributed by atoms with Crippen molar-refractivity contribution in [2.45, 2.75) is 25.7 Å². The Balaban J connectivity index is 1.78. The number of nitrogens with zero attached hydrogens (tertiary/aromatic N) is 1. The van der Waals surface area contributed by atoms with Gasteiger partial charge in [-0.1, -0.05) is 23.3 Å². The molecule has 0 aliphatic heterocycles. The first-order valence-corrected chi connectivity index (χ1v) is 5.76. The van der Waals surface area contributed by atoms with Gasteiger partial charge in [0.2, 0.25) is 0 Å². The van der Waals surface area contributed by atoms with Gasteiger partial charge in [-0.3, -0.25) is 0 Å². The lowest BCUT2D eigenvalue weighted by molar-refractivity contribution is 0.863. The van der Waals surface area contributed by atoms with Gasteiger partial charge in [0.15, 0.2) is 0 Å². The van der Waals surface area contributed by atoms with Gasteiger partial charge in [0.25, 0.3) is 0 Å². The molecular formula is C12H15ClN2. The van der Waals surface area contributed by atoms with Crippen molar-refractivity contribution in [3.8, 4) is 0 Å². The second-order valence-corrected chi connectivity index (χ2v) is 4.19. The minimum absolute atomic E-state index is 0.542. The van der Waals surface area contributed by atoms with E-state index in [-0.39, 0.29) is 0 Å². The molecule has 0 saturated carbocycles. The van der Waals surface area contributed by atoms with Crippen LogP contribution in [0.5, 0.6) is 0 Å². The fourth-order valence-electron chi connectivity index (χ4n) is 1.84. The maximum absolute atomic E-state index is 5.79. The van der Waals surface area contributed by atoms with Crippen LogP contribution in [0, 0.1) is 0 Å². The van der Waals surface area contributed by atoms with E-state index < -0.39 is 0 Å². The summed E-state index contributed by atoms with van der Waals surface area (Å²) in [5, 5.41) is 3.89. The highest BCUT2D eigenvalue weighted by molar-refractivity contribution is 6.29. The Morgan fingerprint density at radius 3 is 3.13 bits per heavy atom. The van der Waals surface area contributed by atoms with E-state index in [4.69, 9.17) is 11.6 Å². The zero-order chi connectivity index (χ0) is 10.5. The number of halogens is 1. The van der Waals surface area contributed by atoms with Crippen LogP contribution in [0.1, 0.15) is 25.7 Å². The Morgan fingerprint density at radius 2 is 2.40 bits per heavy atom. The van der Waals surface area contributed by atoms with Crippen molar-refractivity contribution in [3.05, 3.63) is 35.1 Å². The summed E-state index contributed by atoms with van der Waals surface area (Å²) in [5.41, 5.74) is 2.64. The molecule has 1 heterocycles. The van der Waals surface area contributed by atoms with Crippen LogP contribution in [0.2, 0.25) is 5.15 Å². The number of aromatic nitrogens is 1. The lowest BCUT2D eigenvalue weighted by atomic mass is 10.2. The van der Waals surface area contributed by atoms with Crippen molar-refractivity contribution in [1.29, 1.82) is 0 Å². The molecule has 0 bridgehead atoms. The van der Waals surface area contributed by atoms with E-state index in [2.05, 4.69) is 16.4 Å². The van der Waals surface area contributed by atoms with Crippen LogP contribution in [0.3, 0.4) is 0 Å². The van der Waals surface area contributed by atoms with Gasteiger partial charge in [0.1, 0.15) is 5.15 Å². The first kappa shape index (κ1) is 10.5. The fourth-order valence-corrected chi connectivity index (χ4v) is 2.02. The first-order valence-electron chi connectivity index (χ1n) is 5.38. The third-order valence-electron chi connectivity index (χ3n) is 2.64. The predicted octanol–water partition coefficient (Wildman–Crippen LogP) is 3.65. The average molecular weight is 223 g/mol. The second-order valence-electron chi connectivity index (χ2n) is 3.80. The number of hydrogen-bond acceptors (Lipinski definition) is 2. The average Bonchev–Trinajstić information content (AvgIpc) is 2.71. The van der Waals surface area contributed by atoms with Gasteiger partial charge in [-0.15, -0.1) is 0 Å². The molecule has 0 fully saturated rings. The maximum atomic E-state index is 5.79. The van der Waals surface area contributed by atoms with Crippen molar-refractivity contribution < 1.29 is 0 Å². The van der Waals surface area contributed by atoms with Gasteiger partial charge in [0, 0.05) is 18.4 Å². The van der Waals surface area contributed by atoms with Crippen molar-refractivity contribution >= 4 is 17.3 Å². The number of hydrogen-bond donors (Lipinski definition) is 1. The molecular weight excluding hydrogens is 208 g/mol. The predicted molar refractivity (Wildman–Crippen MR) is 64.3 cm³/mol. The van der Waals surface area contributed by atoms with Crippen molar-refractivity contribution in [1.82, 2.24) is 4.98 Å². The molecule has 0 atom stereocenters. The summed E-state index contributed by atoms with van der Waals surface area (Å²) in [6.07, 6.45) is 9.09. The van der Waals surface area contributed by atoms with Crippen molar-refractivity contribution in [3.63, 3.8) is 0 Å². The second kappa shape index (κ2) is 5.17. The zero-order valence-corrected chi connectivity index (χ0v) is 9.43. The van der Waals surface area contributed by atoms with Crippen LogP contribution in [-0.2, 0) is 0 Å². The highest BCUT2D eigenvalue weighted by atomic mass is 35.5. The third-order valence-corrected chi connectivity index (χ3v) is 2.84. The Hall–Kier alpha value is -1.02. The topological polar surface area (TPSA) is 24.9 Å². The standard InChI is InChI=1S/C12H15ClN2/c13-12-9-11(6-8-15-12)14-7-5-10-3-1-2-4-10/h3,6,8-9H,1-2,4-5,7H2,(H,14,15). The molecule has 0 spiro atoms. The van der Waals surface area contributed by atoms with Crippen LogP contribution in [0.4, 0.5) is 5.69 Å². The van der Waals surface area contributed by atoms with Crippen molar-refractivity contribution in [2.24, 2.45) is 0 Å². The Labute approximate surface area is 95.4 Å². The number of allylic oxidation sites excluding steroid dienone is 1. The molecule has 0 aromatic carbocycles. The largest absolute Gasteiger partial charge is 0.385 e. The van der Waals surface area contributed by atoms with Crippen LogP contribution in [-0.4, -0.2) is 11.5 Å². The molecule has 0 unspecified atom stereocenters. The number of pyridine rings is 1. The molecule has 3 heteroatoms. The van der Waals surface area contributed by atoms with E-state index in [1.54, 1.807) is 11.8 Å². The third kappa shape index (κ3) is 3.24. The van der Waals surface area contributed by atoms with Gasteiger partial charge in [-0.25, -0.2) is 4.98 Å². The minimum Gasteiger partial charge on any atom is -0.385 e. The Morgan fingerprint density at radius 1 is 1.47 bits per heavy atom. The van der Waals surface area contributed by atoms with E-state index in [0.29, 0.717) is 5.15 Å². The molecule has 80 valence electrons. The molecule has 1 aromatic rings. The molecule has 0 saturated heterocycles. The fraction of sp³-hybridized carbons (Fsp3) is 0.417. The van der Waals surface area contributed by atoms with Crippen LogP contribution >= 0.6 is 11.6 Å². The van der Waals surface area contributed by atoms with Crippen molar-refractivity contribution in [2.75, 3.05) is 11.9 Å². The number of anilines is 1. The van der Waals surface area contributed by atoms with Gasteiger partial charge >= 0.3 is 0 Å². The van der Waals surface area contributed by atoms with E-state index in [0.717, 1.165) is 18.7 Å². The van der Waals surface area contributed by atoms with E-state index in [1.165, 1.54) is 19.3 Å². The molecule has 1 aliphatic carbocycles. The Bertz CT molecular complexity index is 360. The molecule has 0 radical (unpaired) electrons. The normalized spacial score (nSPS) is 15.1. The number of nitrogens with one attached hydrogen (secondary N) is 1. The molecule has 15 heavy (non-hydrogen) atoms. The summed E-state index contributed by atoms with van der Waals surface area (Å²) in [5.74, 6) is 0. The summed E-state index contributed by atoms with van der Waals surface area (Å²) in [6, 6.07) is 3.79. The van der Waals surface area contributed by atoms with Gasteiger partial charge in [-0.05, 0) is 37.8 Å². The van der Waals surface area contributed by atoms with E-state index in [9.17, 15) is 0 Å². The summed E-state index contributed by atoms with van der Waals surface area (Å²) in [7, 11) is 0. The smallest absolute Gasteiger partial charge is 0.131 e. The lowest BCUT2D eigenvalue weighted by Gasteiger charge is -2.06. The van der Waals surface area contributed by atoms with E-state index >= 15 is 0 Å². The van der Waals surface area contributed by atoms with Gasteiger partial charge in [0.05, 0.1) is 0 Å². The van der Waals surface area contributed by atoms with Gasteiger partial charge < -0.3 is 5.32 Å². The summed E-state index contributed by atoms with van der Waals surface area (Å²) >= 11 is 5.79. The zero-order valence-electron chi connectivity index (χ0n) is 8.67. The summed E-state index contributed by atoms with van der Waals surface area (Å²) in [4.78, 5) is 3.94. The van der Waals surface area contributed by atoms with Crippen LogP contribution < -0.4 is 5.32 Å². The number of rotatable bonds is 4. The van der Waals surface area contributed by atoms with Crippen LogP contribution in [0.25, 0.3) is 0 Å². The molecule has 0 amide bonds. The minimum atomic E-state index is 0.542. The lowest BCUT2D eigenvalue weighted by Crippen LogP contribution is -2.02. The Kier molecular flexibility index (Phi) is 3.62.